The van der Waals surface area contributed by atoms with E-state index in [1.165, 1.54) is 13.0 Å². The first kappa shape index (κ1) is 25.2. The Balaban J connectivity index is 0.00000392. The lowest BCUT2D eigenvalue weighted by Crippen LogP contribution is -2.42. The molecule has 1 saturated heterocycles. The fourth-order valence-electron chi connectivity index (χ4n) is 3.54. The lowest BCUT2D eigenvalue weighted by atomic mass is 10.1. The summed E-state index contributed by atoms with van der Waals surface area (Å²) >= 11 is 0. The van der Waals surface area contributed by atoms with Gasteiger partial charge in [-0.15, -0.1) is 24.0 Å². The van der Waals surface area contributed by atoms with Crippen LogP contribution < -0.4 is 5.32 Å². The van der Waals surface area contributed by atoms with Crippen molar-refractivity contribution >= 4 is 29.9 Å². The van der Waals surface area contributed by atoms with E-state index in [-0.39, 0.29) is 24.0 Å². The first-order chi connectivity index (χ1) is 13.3. The summed E-state index contributed by atoms with van der Waals surface area (Å²) < 4.78 is 10.9. The Morgan fingerprint density at radius 3 is 2.86 bits per heavy atom. The van der Waals surface area contributed by atoms with Crippen molar-refractivity contribution in [1.29, 1.82) is 0 Å². The monoisotopic (exact) mass is 506 g/mol. The molecule has 0 aliphatic carbocycles. The van der Waals surface area contributed by atoms with Crippen molar-refractivity contribution in [2.75, 3.05) is 59.0 Å². The summed E-state index contributed by atoms with van der Waals surface area (Å²) in [7, 11) is 0. The van der Waals surface area contributed by atoms with Crippen molar-refractivity contribution < 1.29 is 9.15 Å². The van der Waals surface area contributed by atoms with Gasteiger partial charge in [-0.25, -0.2) is 0 Å². The van der Waals surface area contributed by atoms with Crippen molar-refractivity contribution in [2.45, 2.75) is 40.0 Å². The summed E-state index contributed by atoms with van der Waals surface area (Å²) in [6.07, 6.45) is 4.82. The van der Waals surface area contributed by atoms with Crippen molar-refractivity contribution in [3.63, 3.8) is 0 Å². The number of halogens is 1. The van der Waals surface area contributed by atoms with Crippen LogP contribution in [0.5, 0.6) is 0 Å². The van der Waals surface area contributed by atoms with E-state index in [0.717, 1.165) is 83.0 Å². The van der Waals surface area contributed by atoms with Crippen LogP contribution in [-0.4, -0.2) is 74.8 Å². The zero-order chi connectivity index (χ0) is 19.3. The molecule has 0 aromatic carbocycles. The van der Waals surface area contributed by atoms with Crippen LogP contribution in [0.15, 0.2) is 27.8 Å². The van der Waals surface area contributed by atoms with E-state index in [0.29, 0.717) is 0 Å². The molecule has 1 aliphatic heterocycles. The number of nitrogens with zero attached hydrogens (tertiary/aromatic N) is 3. The maximum absolute atomic E-state index is 5.44. The van der Waals surface area contributed by atoms with Crippen LogP contribution >= 0.6 is 24.0 Å². The molecule has 1 aromatic rings. The number of likely N-dealkylation sites (tertiary alicyclic amines) is 1. The maximum atomic E-state index is 5.44. The summed E-state index contributed by atoms with van der Waals surface area (Å²) in [5.74, 6) is 2.78. The van der Waals surface area contributed by atoms with Gasteiger partial charge in [-0.1, -0.05) is 13.8 Å². The second kappa shape index (κ2) is 15.1. The van der Waals surface area contributed by atoms with Crippen molar-refractivity contribution in [3.8, 4) is 0 Å². The average molecular weight is 506 g/mol. The number of nitrogens with one attached hydrogen (secondary N) is 1. The molecule has 7 heteroatoms. The molecule has 0 radical (unpaired) electrons. The first-order valence-corrected chi connectivity index (χ1v) is 10.6. The molecule has 162 valence electrons. The number of aliphatic imine (C=N–C) groups is 1. The van der Waals surface area contributed by atoms with Gasteiger partial charge in [0.1, 0.15) is 5.76 Å². The molecule has 1 aromatic heterocycles. The number of furan rings is 1. The molecule has 0 amide bonds. The highest BCUT2D eigenvalue weighted by Crippen LogP contribution is 2.17. The lowest BCUT2D eigenvalue weighted by Gasteiger charge is -2.24. The highest BCUT2D eigenvalue weighted by molar-refractivity contribution is 14.0. The zero-order valence-corrected chi connectivity index (χ0v) is 20.2. The smallest absolute Gasteiger partial charge is 0.193 e. The minimum Gasteiger partial charge on any atom is -0.469 e. The van der Waals surface area contributed by atoms with E-state index in [4.69, 9.17) is 14.1 Å². The molecular formula is C21H39IN4O2. The Morgan fingerprint density at radius 2 is 2.18 bits per heavy atom. The molecular weight excluding hydrogens is 467 g/mol. The number of rotatable bonds is 12. The highest BCUT2D eigenvalue weighted by atomic mass is 127. The molecule has 1 fully saturated rings. The van der Waals surface area contributed by atoms with E-state index in [2.05, 4.69) is 29.0 Å². The lowest BCUT2D eigenvalue weighted by molar-refractivity contribution is 0.146. The second-order valence-corrected chi connectivity index (χ2v) is 7.10. The van der Waals surface area contributed by atoms with E-state index < -0.39 is 0 Å². The van der Waals surface area contributed by atoms with E-state index in [9.17, 15) is 0 Å². The van der Waals surface area contributed by atoms with Gasteiger partial charge in [-0.3, -0.25) is 4.99 Å². The van der Waals surface area contributed by atoms with E-state index in [1.807, 2.05) is 19.1 Å². The molecule has 28 heavy (non-hydrogen) atoms. The Morgan fingerprint density at radius 1 is 1.36 bits per heavy atom. The Labute approximate surface area is 188 Å². The zero-order valence-electron chi connectivity index (χ0n) is 17.9. The number of hydrogen-bond donors (Lipinski definition) is 1. The fourth-order valence-corrected chi connectivity index (χ4v) is 3.54. The number of hydrogen-bond acceptors (Lipinski definition) is 4. The van der Waals surface area contributed by atoms with Crippen LogP contribution in [-0.2, 0) is 11.2 Å². The van der Waals surface area contributed by atoms with E-state index >= 15 is 0 Å². The Kier molecular flexibility index (Phi) is 13.6. The number of ether oxygens (including phenoxy) is 1. The van der Waals surface area contributed by atoms with Crippen LogP contribution in [0, 0.1) is 5.92 Å². The van der Waals surface area contributed by atoms with Gasteiger partial charge in [-0.05, 0) is 50.9 Å². The fraction of sp³-hybridized carbons (Fsp3) is 0.762. The van der Waals surface area contributed by atoms with Crippen LogP contribution in [0.3, 0.4) is 0 Å². The molecule has 0 spiro atoms. The standard InChI is InChI=1S/C21H38N4O2.HI/c1-4-24(5-2)17-19-11-14-25(18-19)21(22-12-8-15-26-6-3)23-13-10-20-9-7-16-27-20;/h7,9,16,19H,4-6,8,10-15,17-18H2,1-3H3,(H,22,23);1H. The third-order valence-corrected chi connectivity index (χ3v) is 5.14. The summed E-state index contributed by atoms with van der Waals surface area (Å²) in [5, 5.41) is 3.55. The molecule has 6 nitrogen and oxygen atoms in total. The predicted octanol–water partition coefficient (Wildman–Crippen LogP) is 3.48. The molecule has 1 unspecified atom stereocenters. The van der Waals surface area contributed by atoms with Gasteiger partial charge in [-0.2, -0.15) is 0 Å². The van der Waals surface area contributed by atoms with Crippen molar-refractivity contribution in [3.05, 3.63) is 24.2 Å². The summed E-state index contributed by atoms with van der Waals surface area (Å²) in [6.45, 7) is 15.4. The molecule has 1 N–H and O–H groups in total. The van der Waals surface area contributed by atoms with Crippen molar-refractivity contribution in [1.82, 2.24) is 15.1 Å². The Bertz CT molecular complexity index is 520. The molecule has 1 atom stereocenters. The van der Waals surface area contributed by atoms with Gasteiger partial charge >= 0.3 is 0 Å². The van der Waals surface area contributed by atoms with Gasteiger partial charge in [0.2, 0.25) is 0 Å². The van der Waals surface area contributed by atoms with Crippen LogP contribution in [0.4, 0.5) is 0 Å². The summed E-state index contributed by atoms with van der Waals surface area (Å²) in [6, 6.07) is 3.97. The third-order valence-electron chi connectivity index (χ3n) is 5.14. The minimum atomic E-state index is 0. The first-order valence-electron chi connectivity index (χ1n) is 10.6. The molecule has 1 aliphatic rings. The predicted molar refractivity (Wildman–Crippen MR) is 127 cm³/mol. The number of guanidine groups is 1. The van der Waals surface area contributed by atoms with Crippen LogP contribution in [0.25, 0.3) is 0 Å². The normalized spacial score (nSPS) is 17.2. The molecule has 2 heterocycles. The largest absolute Gasteiger partial charge is 0.469 e. The minimum absolute atomic E-state index is 0. The maximum Gasteiger partial charge on any atom is 0.193 e. The van der Waals surface area contributed by atoms with Crippen LogP contribution in [0.2, 0.25) is 0 Å². The van der Waals surface area contributed by atoms with Crippen molar-refractivity contribution in [2.24, 2.45) is 10.9 Å². The van der Waals surface area contributed by atoms with Gasteiger partial charge < -0.3 is 24.3 Å². The second-order valence-electron chi connectivity index (χ2n) is 7.10. The summed E-state index contributed by atoms with van der Waals surface area (Å²) in [4.78, 5) is 9.81. The van der Waals surface area contributed by atoms with Gasteiger partial charge in [0.05, 0.1) is 6.26 Å². The van der Waals surface area contributed by atoms with Crippen LogP contribution in [0.1, 0.15) is 39.4 Å². The van der Waals surface area contributed by atoms with Gasteiger partial charge in [0, 0.05) is 52.4 Å². The van der Waals surface area contributed by atoms with E-state index in [1.54, 1.807) is 6.26 Å². The Hall–Kier alpha value is -0.800. The topological polar surface area (TPSA) is 53.2 Å². The highest BCUT2D eigenvalue weighted by Gasteiger charge is 2.26. The SMILES string of the molecule is CCOCCCN=C(NCCc1ccco1)N1CCC(CN(CC)CC)C1.I. The van der Waals surface area contributed by atoms with Gasteiger partial charge in [0.15, 0.2) is 5.96 Å². The quantitative estimate of drug-likeness (QED) is 0.204. The molecule has 0 bridgehead atoms. The molecule has 0 saturated carbocycles. The van der Waals surface area contributed by atoms with Gasteiger partial charge in [0.25, 0.3) is 0 Å². The summed E-state index contributed by atoms with van der Waals surface area (Å²) in [5.41, 5.74) is 0. The third kappa shape index (κ3) is 9.13. The average Bonchev–Trinajstić information content (AvgIpc) is 3.36. The molecule has 2 rings (SSSR count).